The number of benzene rings is 1. The Kier molecular flexibility index (Phi) is 5.39. The molecule has 0 bridgehead atoms. The Morgan fingerprint density at radius 2 is 2.17 bits per heavy atom. The summed E-state index contributed by atoms with van der Waals surface area (Å²) in [7, 11) is 1.71. The van der Waals surface area contributed by atoms with Gasteiger partial charge in [-0.05, 0) is 42.7 Å². The minimum absolute atomic E-state index is 0.472. The average molecular weight is 265 g/mol. The van der Waals surface area contributed by atoms with Crippen LogP contribution < -0.4 is 10.1 Å². The zero-order valence-electron chi connectivity index (χ0n) is 11.3. The van der Waals surface area contributed by atoms with E-state index in [1.807, 2.05) is 0 Å². The predicted octanol–water partition coefficient (Wildman–Crippen LogP) is 3.63. The minimum Gasteiger partial charge on any atom is -0.497 e. The second kappa shape index (κ2) is 7.05. The van der Waals surface area contributed by atoms with Crippen LogP contribution in [0, 0.1) is 0 Å². The third-order valence-electron chi connectivity index (χ3n) is 3.52. The fraction of sp³-hybridized carbons (Fsp3) is 0.600. The maximum Gasteiger partial charge on any atom is 0.118 e. The smallest absolute Gasteiger partial charge is 0.118 e. The third-order valence-corrected chi connectivity index (χ3v) is 4.74. The van der Waals surface area contributed by atoms with Gasteiger partial charge in [0.25, 0.3) is 0 Å². The molecule has 1 aliphatic heterocycles. The van der Waals surface area contributed by atoms with Crippen molar-refractivity contribution in [2.24, 2.45) is 0 Å². The van der Waals surface area contributed by atoms with Crippen molar-refractivity contribution in [2.75, 3.05) is 18.6 Å². The molecule has 100 valence electrons. The van der Waals surface area contributed by atoms with Crippen molar-refractivity contribution in [3.05, 3.63) is 29.8 Å². The Hall–Kier alpha value is -0.670. The summed E-state index contributed by atoms with van der Waals surface area (Å²) in [5.74, 6) is 3.52. The van der Waals surface area contributed by atoms with Crippen LogP contribution in [0.2, 0.25) is 0 Å². The molecule has 2 atom stereocenters. The highest BCUT2D eigenvalue weighted by molar-refractivity contribution is 7.99. The van der Waals surface area contributed by atoms with Crippen LogP contribution in [0.5, 0.6) is 5.75 Å². The van der Waals surface area contributed by atoms with E-state index in [4.69, 9.17) is 4.74 Å². The SMILES string of the molecule is CCC(NC1CCCSC1)c1ccc(OC)cc1. The molecule has 1 aliphatic rings. The lowest BCUT2D eigenvalue weighted by atomic mass is 10.0. The molecule has 18 heavy (non-hydrogen) atoms. The summed E-state index contributed by atoms with van der Waals surface area (Å²) < 4.78 is 5.21. The normalized spacial score (nSPS) is 21.6. The van der Waals surface area contributed by atoms with Gasteiger partial charge in [0.2, 0.25) is 0 Å². The summed E-state index contributed by atoms with van der Waals surface area (Å²) in [6.45, 7) is 2.25. The topological polar surface area (TPSA) is 21.3 Å². The average Bonchev–Trinajstić information content (AvgIpc) is 2.46. The molecule has 1 fully saturated rings. The van der Waals surface area contributed by atoms with Gasteiger partial charge in [-0.25, -0.2) is 0 Å². The van der Waals surface area contributed by atoms with Gasteiger partial charge in [0.05, 0.1) is 7.11 Å². The van der Waals surface area contributed by atoms with E-state index < -0.39 is 0 Å². The molecule has 2 nitrogen and oxygen atoms in total. The molecule has 1 saturated heterocycles. The Balaban J connectivity index is 1.97. The maximum atomic E-state index is 5.21. The van der Waals surface area contributed by atoms with Crippen LogP contribution in [0.1, 0.15) is 37.8 Å². The molecule has 2 rings (SSSR count). The van der Waals surface area contributed by atoms with Crippen molar-refractivity contribution in [3.8, 4) is 5.75 Å². The fourth-order valence-electron chi connectivity index (χ4n) is 2.44. The van der Waals surface area contributed by atoms with Crippen LogP contribution in [0.4, 0.5) is 0 Å². The quantitative estimate of drug-likeness (QED) is 0.878. The third kappa shape index (κ3) is 3.66. The van der Waals surface area contributed by atoms with E-state index in [2.05, 4.69) is 48.3 Å². The van der Waals surface area contributed by atoms with Crippen molar-refractivity contribution in [2.45, 2.75) is 38.3 Å². The van der Waals surface area contributed by atoms with Crippen LogP contribution in [0.15, 0.2) is 24.3 Å². The summed E-state index contributed by atoms with van der Waals surface area (Å²) in [5, 5.41) is 3.80. The van der Waals surface area contributed by atoms with Gasteiger partial charge in [0.1, 0.15) is 5.75 Å². The second-order valence-electron chi connectivity index (χ2n) is 4.81. The van der Waals surface area contributed by atoms with Crippen LogP contribution >= 0.6 is 11.8 Å². The second-order valence-corrected chi connectivity index (χ2v) is 5.96. The van der Waals surface area contributed by atoms with Crippen LogP contribution in [-0.2, 0) is 0 Å². The highest BCUT2D eigenvalue weighted by Crippen LogP contribution is 2.24. The molecule has 0 saturated carbocycles. The molecule has 0 radical (unpaired) electrons. The van der Waals surface area contributed by atoms with Crippen LogP contribution in [-0.4, -0.2) is 24.7 Å². The van der Waals surface area contributed by atoms with Crippen molar-refractivity contribution in [1.82, 2.24) is 5.32 Å². The van der Waals surface area contributed by atoms with E-state index in [9.17, 15) is 0 Å². The van der Waals surface area contributed by atoms with E-state index in [1.165, 1.54) is 29.9 Å². The fourth-order valence-corrected chi connectivity index (χ4v) is 3.53. The largest absolute Gasteiger partial charge is 0.497 e. The van der Waals surface area contributed by atoms with Gasteiger partial charge in [0.15, 0.2) is 0 Å². The molecule has 1 aromatic carbocycles. The molecule has 0 spiro atoms. The molecule has 0 amide bonds. The lowest BCUT2D eigenvalue weighted by Gasteiger charge is -2.28. The van der Waals surface area contributed by atoms with Gasteiger partial charge in [-0.15, -0.1) is 0 Å². The predicted molar refractivity (Wildman–Crippen MR) is 79.5 cm³/mol. The van der Waals surface area contributed by atoms with Gasteiger partial charge in [-0.1, -0.05) is 19.1 Å². The summed E-state index contributed by atoms with van der Waals surface area (Å²) >= 11 is 2.07. The van der Waals surface area contributed by atoms with E-state index in [-0.39, 0.29) is 0 Å². The van der Waals surface area contributed by atoms with E-state index >= 15 is 0 Å². The molecule has 1 heterocycles. The monoisotopic (exact) mass is 265 g/mol. The molecule has 1 N–H and O–H groups in total. The Labute approximate surface area is 114 Å². The van der Waals surface area contributed by atoms with Crippen molar-refractivity contribution in [3.63, 3.8) is 0 Å². The summed E-state index contributed by atoms with van der Waals surface area (Å²) in [5.41, 5.74) is 1.37. The Bertz CT molecular complexity index is 346. The number of nitrogens with one attached hydrogen (secondary N) is 1. The van der Waals surface area contributed by atoms with E-state index in [1.54, 1.807) is 7.11 Å². The maximum absolute atomic E-state index is 5.21. The van der Waals surface area contributed by atoms with Crippen molar-refractivity contribution >= 4 is 11.8 Å². The van der Waals surface area contributed by atoms with Crippen LogP contribution in [0.3, 0.4) is 0 Å². The van der Waals surface area contributed by atoms with Crippen molar-refractivity contribution < 1.29 is 4.74 Å². The number of ether oxygens (including phenoxy) is 1. The highest BCUT2D eigenvalue weighted by atomic mass is 32.2. The Morgan fingerprint density at radius 3 is 2.72 bits per heavy atom. The minimum atomic E-state index is 0.472. The zero-order chi connectivity index (χ0) is 12.8. The Morgan fingerprint density at radius 1 is 1.39 bits per heavy atom. The molecule has 2 unspecified atom stereocenters. The number of hydrogen-bond donors (Lipinski definition) is 1. The molecule has 0 aliphatic carbocycles. The zero-order valence-corrected chi connectivity index (χ0v) is 12.1. The first-order valence-electron chi connectivity index (χ1n) is 6.81. The molecular weight excluding hydrogens is 242 g/mol. The first kappa shape index (κ1) is 13.8. The summed E-state index contributed by atoms with van der Waals surface area (Å²) in [4.78, 5) is 0. The van der Waals surface area contributed by atoms with E-state index in [0.717, 1.165) is 12.2 Å². The number of hydrogen-bond acceptors (Lipinski definition) is 3. The lowest BCUT2D eigenvalue weighted by molar-refractivity contribution is 0.411. The van der Waals surface area contributed by atoms with Crippen molar-refractivity contribution in [1.29, 1.82) is 0 Å². The van der Waals surface area contributed by atoms with Gasteiger partial charge >= 0.3 is 0 Å². The lowest BCUT2D eigenvalue weighted by Crippen LogP contribution is -2.36. The molecule has 0 aromatic heterocycles. The molecule has 3 heteroatoms. The molecular formula is C15H23NOS. The van der Waals surface area contributed by atoms with Gasteiger partial charge in [-0.2, -0.15) is 11.8 Å². The summed E-state index contributed by atoms with van der Waals surface area (Å²) in [6.07, 6.45) is 3.80. The van der Waals surface area contributed by atoms with Gasteiger partial charge < -0.3 is 10.1 Å². The standard InChI is InChI=1S/C15H23NOS/c1-3-15(16-13-5-4-10-18-11-13)12-6-8-14(17-2)9-7-12/h6-9,13,15-16H,3-5,10-11H2,1-2H3. The number of thioether (sulfide) groups is 1. The van der Waals surface area contributed by atoms with E-state index in [0.29, 0.717) is 12.1 Å². The summed E-state index contributed by atoms with van der Waals surface area (Å²) in [6, 6.07) is 9.60. The van der Waals surface area contributed by atoms with Crippen LogP contribution in [0.25, 0.3) is 0 Å². The highest BCUT2D eigenvalue weighted by Gasteiger charge is 2.18. The molecule has 1 aromatic rings. The first-order chi connectivity index (χ1) is 8.83. The van der Waals surface area contributed by atoms with Gasteiger partial charge in [0, 0.05) is 17.8 Å². The van der Waals surface area contributed by atoms with Gasteiger partial charge in [-0.3, -0.25) is 0 Å². The number of methoxy groups -OCH3 is 1. The number of rotatable bonds is 5. The first-order valence-corrected chi connectivity index (χ1v) is 7.96.